The van der Waals surface area contributed by atoms with Gasteiger partial charge in [0.2, 0.25) is 6.04 Å². The fourth-order valence-corrected chi connectivity index (χ4v) is 4.33. The van der Waals surface area contributed by atoms with Gasteiger partial charge in [-0.15, -0.1) is 0 Å². The van der Waals surface area contributed by atoms with Crippen molar-refractivity contribution in [3.05, 3.63) is 81.4 Å². The Hall–Kier alpha value is -2.94. The Kier molecular flexibility index (Phi) is 7.50. The van der Waals surface area contributed by atoms with Gasteiger partial charge in [0.25, 0.3) is 0 Å². The number of hydrogen-bond acceptors (Lipinski definition) is 5. The van der Waals surface area contributed by atoms with Crippen molar-refractivity contribution >= 4 is 5.97 Å². The van der Waals surface area contributed by atoms with E-state index in [0.29, 0.717) is 25.1 Å². The lowest BCUT2D eigenvalue weighted by molar-refractivity contribution is -0.545. The maximum atomic E-state index is 13.0. The number of halogens is 3. The van der Waals surface area contributed by atoms with E-state index in [0.717, 1.165) is 17.7 Å². The Balaban J connectivity index is 1.97. The molecule has 2 aromatic carbocycles. The number of alkyl halides is 3. The molecule has 1 aliphatic heterocycles. The van der Waals surface area contributed by atoms with Gasteiger partial charge in [-0.3, -0.25) is 19.8 Å². The highest BCUT2D eigenvalue weighted by atomic mass is 19.4. The zero-order valence-electron chi connectivity index (χ0n) is 17.6. The molecule has 3 rings (SSSR count). The number of nitro groups is 1. The van der Waals surface area contributed by atoms with Crippen molar-refractivity contribution in [1.82, 2.24) is 4.90 Å². The molecule has 6 nitrogen and oxygen atoms in total. The minimum Gasteiger partial charge on any atom is -0.466 e. The lowest BCUT2D eigenvalue weighted by Gasteiger charge is -2.41. The molecule has 172 valence electrons. The number of nitrogens with zero attached hydrogens (tertiary/aromatic N) is 2. The Labute approximate surface area is 184 Å². The van der Waals surface area contributed by atoms with Gasteiger partial charge in [-0.1, -0.05) is 42.5 Å². The molecule has 1 saturated heterocycles. The highest BCUT2D eigenvalue weighted by molar-refractivity contribution is 5.69. The van der Waals surface area contributed by atoms with Crippen molar-refractivity contribution in [2.45, 2.75) is 44.6 Å². The number of esters is 1. The van der Waals surface area contributed by atoms with Crippen LogP contribution in [-0.4, -0.2) is 35.0 Å². The molecular weight excluding hydrogens is 425 g/mol. The molecular formula is C23H25F3N2O4. The molecule has 2 aromatic rings. The standard InChI is InChI=1S/C23H25F3N2O4/c1-2-32-20(29)14-18-12-13-27(15-16-6-4-3-5-7-16)21(22(18)28(30)31)17-8-10-19(11-9-17)23(24,25)26/h3-11,18,21-22H,2,12-15H2,1H3/t18-,21-,22+/m1/s1. The van der Waals surface area contributed by atoms with Crippen molar-refractivity contribution < 1.29 is 27.6 Å². The van der Waals surface area contributed by atoms with Crippen molar-refractivity contribution in [2.75, 3.05) is 13.2 Å². The number of ether oxygens (including phenoxy) is 1. The van der Waals surface area contributed by atoms with E-state index < -0.39 is 40.6 Å². The first-order valence-corrected chi connectivity index (χ1v) is 10.4. The number of benzene rings is 2. The van der Waals surface area contributed by atoms with E-state index in [1.54, 1.807) is 6.92 Å². The normalized spacial score (nSPS) is 21.8. The first-order chi connectivity index (χ1) is 15.2. The average molecular weight is 450 g/mol. The molecule has 0 unspecified atom stereocenters. The second kappa shape index (κ2) is 10.1. The Morgan fingerprint density at radius 1 is 1.16 bits per heavy atom. The molecule has 0 saturated carbocycles. The highest BCUT2D eigenvalue weighted by Crippen LogP contribution is 2.40. The van der Waals surface area contributed by atoms with Crippen molar-refractivity contribution in [1.29, 1.82) is 0 Å². The van der Waals surface area contributed by atoms with E-state index in [1.165, 1.54) is 12.1 Å². The molecule has 9 heteroatoms. The fourth-order valence-electron chi connectivity index (χ4n) is 4.33. The van der Waals surface area contributed by atoms with E-state index in [-0.39, 0.29) is 13.0 Å². The molecule has 0 bridgehead atoms. The summed E-state index contributed by atoms with van der Waals surface area (Å²) in [5.74, 6) is -1.09. The summed E-state index contributed by atoms with van der Waals surface area (Å²) in [6.07, 6.45) is -4.19. The maximum absolute atomic E-state index is 13.0. The average Bonchev–Trinajstić information content (AvgIpc) is 2.74. The van der Waals surface area contributed by atoms with Gasteiger partial charge in [0.15, 0.2) is 0 Å². The molecule has 3 atom stereocenters. The van der Waals surface area contributed by atoms with Crippen LogP contribution in [0.4, 0.5) is 13.2 Å². The molecule has 1 aliphatic rings. The van der Waals surface area contributed by atoms with Crippen molar-refractivity contribution in [2.24, 2.45) is 5.92 Å². The van der Waals surface area contributed by atoms with E-state index >= 15 is 0 Å². The van der Waals surface area contributed by atoms with Gasteiger partial charge in [0.05, 0.1) is 18.6 Å². The quantitative estimate of drug-likeness (QED) is 0.342. The first kappa shape index (κ1) is 23.7. The number of hydrogen-bond donors (Lipinski definition) is 0. The predicted molar refractivity (Wildman–Crippen MR) is 111 cm³/mol. The van der Waals surface area contributed by atoms with Crippen LogP contribution in [0.25, 0.3) is 0 Å². The molecule has 0 spiro atoms. The largest absolute Gasteiger partial charge is 0.466 e. The van der Waals surface area contributed by atoms with Crippen LogP contribution in [0.2, 0.25) is 0 Å². The maximum Gasteiger partial charge on any atom is 0.416 e. The zero-order chi connectivity index (χ0) is 23.3. The van der Waals surface area contributed by atoms with E-state index in [4.69, 9.17) is 4.74 Å². The molecule has 32 heavy (non-hydrogen) atoms. The van der Waals surface area contributed by atoms with E-state index in [9.17, 15) is 28.1 Å². The van der Waals surface area contributed by atoms with Crippen LogP contribution < -0.4 is 0 Å². The number of likely N-dealkylation sites (tertiary alicyclic amines) is 1. The van der Waals surface area contributed by atoms with Crippen LogP contribution >= 0.6 is 0 Å². The second-order valence-electron chi connectivity index (χ2n) is 7.85. The summed E-state index contributed by atoms with van der Waals surface area (Å²) in [5, 5.41) is 12.2. The summed E-state index contributed by atoms with van der Waals surface area (Å²) in [5.41, 5.74) is 0.548. The van der Waals surface area contributed by atoms with Gasteiger partial charge < -0.3 is 4.74 Å². The van der Waals surface area contributed by atoms with Crippen LogP contribution in [0.3, 0.4) is 0 Å². The van der Waals surface area contributed by atoms with E-state index in [2.05, 4.69) is 0 Å². The van der Waals surface area contributed by atoms with Crippen molar-refractivity contribution in [3.8, 4) is 0 Å². The summed E-state index contributed by atoms with van der Waals surface area (Å²) in [7, 11) is 0. The fraction of sp³-hybridized carbons (Fsp3) is 0.435. The summed E-state index contributed by atoms with van der Waals surface area (Å²) >= 11 is 0. The third kappa shape index (κ3) is 5.64. The smallest absolute Gasteiger partial charge is 0.416 e. The number of piperidine rings is 1. The van der Waals surface area contributed by atoms with Gasteiger partial charge >= 0.3 is 12.1 Å². The van der Waals surface area contributed by atoms with Crippen molar-refractivity contribution in [3.63, 3.8) is 0 Å². The topological polar surface area (TPSA) is 72.7 Å². The Morgan fingerprint density at radius 2 is 1.81 bits per heavy atom. The van der Waals surface area contributed by atoms with Gasteiger partial charge in [-0.2, -0.15) is 13.2 Å². The van der Waals surface area contributed by atoms with Crippen LogP contribution in [0.1, 0.15) is 42.5 Å². The lowest BCUT2D eigenvalue weighted by atomic mass is 9.80. The number of rotatable bonds is 7. The van der Waals surface area contributed by atoms with Gasteiger partial charge in [-0.05, 0) is 43.1 Å². The second-order valence-corrected chi connectivity index (χ2v) is 7.85. The Morgan fingerprint density at radius 3 is 2.38 bits per heavy atom. The summed E-state index contributed by atoms with van der Waals surface area (Å²) < 4.78 is 44.1. The van der Waals surface area contributed by atoms with E-state index in [1.807, 2.05) is 35.2 Å². The van der Waals surface area contributed by atoms with Gasteiger partial charge in [0, 0.05) is 17.4 Å². The lowest BCUT2D eigenvalue weighted by Crippen LogP contribution is -2.50. The van der Waals surface area contributed by atoms with Gasteiger partial charge in [-0.25, -0.2) is 0 Å². The van der Waals surface area contributed by atoms with Crippen LogP contribution in [-0.2, 0) is 22.3 Å². The third-order valence-corrected chi connectivity index (χ3v) is 5.77. The third-order valence-electron chi connectivity index (χ3n) is 5.77. The molecule has 0 radical (unpaired) electrons. The molecule has 0 amide bonds. The summed E-state index contributed by atoms with van der Waals surface area (Å²) in [6, 6.07) is 11.9. The monoisotopic (exact) mass is 450 g/mol. The summed E-state index contributed by atoms with van der Waals surface area (Å²) in [4.78, 5) is 25.7. The van der Waals surface area contributed by atoms with Crippen LogP contribution in [0.5, 0.6) is 0 Å². The zero-order valence-corrected chi connectivity index (χ0v) is 17.6. The number of carbonyl (C=O) groups excluding carboxylic acids is 1. The Bertz CT molecular complexity index is 919. The predicted octanol–water partition coefficient (Wildman–Crippen LogP) is 4.87. The van der Waals surface area contributed by atoms with Crippen LogP contribution in [0.15, 0.2) is 54.6 Å². The molecule has 1 heterocycles. The molecule has 0 N–H and O–H groups in total. The first-order valence-electron chi connectivity index (χ1n) is 10.4. The number of carbonyl (C=O) groups is 1. The minimum atomic E-state index is -4.50. The molecule has 0 aromatic heterocycles. The molecule has 1 fully saturated rings. The highest BCUT2D eigenvalue weighted by Gasteiger charge is 2.47. The minimum absolute atomic E-state index is 0.101. The molecule has 0 aliphatic carbocycles. The van der Waals surface area contributed by atoms with Crippen LogP contribution in [0, 0.1) is 16.0 Å². The van der Waals surface area contributed by atoms with Gasteiger partial charge in [0.1, 0.15) is 6.04 Å². The summed E-state index contributed by atoms with van der Waals surface area (Å²) in [6.45, 7) is 2.71. The SMILES string of the molecule is CCOC(=O)C[C@H]1CCN(Cc2ccccc2)[C@H](c2ccc(C(F)(F)F)cc2)[C@H]1[N+](=O)[O-].